The number of imide groups is 1. The van der Waals surface area contributed by atoms with E-state index < -0.39 is 23.4 Å². The van der Waals surface area contributed by atoms with Gasteiger partial charge in [-0.3, -0.25) is 15.0 Å². The lowest BCUT2D eigenvalue weighted by molar-refractivity contribution is -0.137. The summed E-state index contributed by atoms with van der Waals surface area (Å²) < 4.78 is 0. The van der Waals surface area contributed by atoms with Gasteiger partial charge in [0.25, 0.3) is 5.91 Å². The predicted octanol–water partition coefficient (Wildman–Crippen LogP) is 3.05. The van der Waals surface area contributed by atoms with Crippen molar-refractivity contribution in [3.8, 4) is 22.5 Å². The zero-order valence-electron chi connectivity index (χ0n) is 18.1. The van der Waals surface area contributed by atoms with Gasteiger partial charge in [0.1, 0.15) is 16.9 Å². The Labute approximate surface area is 195 Å². The number of hydrogen-bond acceptors (Lipinski definition) is 7. The van der Waals surface area contributed by atoms with Crippen LogP contribution in [0.2, 0.25) is 0 Å². The van der Waals surface area contributed by atoms with E-state index in [9.17, 15) is 14.4 Å². The molecule has 4 rings (SSSR count). The Balaban J connectivity index is 1.50. The number of thioether (sulfide) groups is 1. The number of benzene rings is 2. The molecular weight excluding hydrogens is 440 g/mol. The second-order valence-electron chi connectivity index (χ2n) is 7.60. The van der Waals surface area contributed by atoms with Gasteiger partial charge in [0.05, 0.1) is 5.75 Å². The monoisotopic (exact) mass is 462 g/mol. The fourth-order valence-electron chi connectivity index (χ4n) is 3.27. The van der Waals surface area contributed by atoms with Gasteiger partial charge in [0.2, 0.25) is 11.1 Å². The van der Waals surface area contributed by atoms with E-state index in [-0.39, 0.29) is 5.75 Å². The van der Waals surface area contributed by atoms with Crippen LogP contribution in [0.4, 0.5) is 4.79 Å². The molecule has 2 N–H and O–H groups in total. The van der Waals surface area contributed by atoms with Crippen LogP contribution in [0, 0.1) is 0 Å². The first kappa shape index (κ1) is 22.4. The van der Waals surface area contributed by atoms with Gasteiger partial charge in [-0.05, 0) is 13.3 Å². The fourth-order valence-corrected chi connectivity index (χ4v) is 3.85. The van der Waals surface area contributed by atoms with Crippen molar-refractivity contribution in [2.24, 2.45) is 0 Å². The summed E-state index contributed by atoms with van der Waals surface area (Å²) in [6.07, 6.45) is 0.411. The number of carbonyl (C=O) groups excluding carboxylic acids is 3. The maximum Gasteiger partial charge on any atom is 0.344 e. The predicted molar refractivity (Wildman–Crippen MR) is 124 cm³/mol. The minimum Gasteiger partial charge on any atom is -0.322 e. The van der Waals surface area contributed by atoms with Gasteiger partial charge in [-0.1, -0.05) is 79.3 Å². The lowest BCUT2D eigenvalue weighted by atomic mass is 10.00. The molecule has 0 radical (unpaired) electrons. The Morgan fingerprint density at radius 3 is 2.18 bits per heavy atom. The molecule has 0 bridgehead atoms. The molecule has 1 atom stereocenters. The summed E-state index contributed by atoms with van der Waals surface area (Å²) in [5.41, 5.74) is 4.36. The van der Waals surface area contributed by atoms with Crippen LogP contribution in [0.3, 0.4) is 0 Å². The van der Waals surface area contributed by atoms with E-state index in [0.29, 0.717) is 23.0 Å². The van der Waals surface area contributed by atoms with Crippen LogP contribution in [0.1, 0.15) is 20.3 Å². The van der Waals surface area contributed by atoms with Crippen molar-refractivity contribution in [3.63, 3.8) is 0 Å². The molecule has 1 aliphatic rings. The van der Waals surface area contributed by atoms with Crippen molar-refractivity contribution in [3.05, 3.63) is 60.7 Å². The maximum atomic E-state index is 12.4. The molecule has 0 spiro atoms. The molecule has 4 amide bonds. The van der Waals surface area contributed by atoms with Crippen LogP contribution in [0.25, 0.3) is 22.5 Å². The molecule has 1 aromatic heterocycles. The minimum absolute atomic E-state index is 0.0967. The number of aromatic nitrogens is 3. The summed E-state index contributed by atoms with van der Waals surface area (Å²) in [6.45, 7) is 3.40. The van der Waals surface area contributed by atoms with E-state index in [4.69, 9.17) is 0 Å². The molecule has 0 saturated carbocycles. The van der Waals surface area contributed by atoms with Gasteiger partial charge in [-0.15, -0.1) is 10.2 Å². The SMILES string of the molecule is CC[C@@]1(C)NC(=O)N(NC(=O)CSc2nnc(-c3ccccc3)c(-c3ccccc3)n2)C1=O. The topological polar surface area (TPSA) is 117 Å². The van der Waals surface area contributed by atoms with E-state index in [1.165, 1.54) is 0 Å². The number of urea groups is 1. The summed E-state index contributed by atoms with van der Waals surface area (Å²) >= 11 is 1.07. The molecular formula is C23H22N6O3S. The molecule has 1 aliphatic heterocycles. The average molecular weight is 463 g/mol. The normalized spacial score (nSPS) is 17.7. The lowest BCUT2D eigenvalue weighted by Crippen LogP contribution is -2.49. The van der Waals surface area contributed by atoms with Crippen LogP contribution < -0.4 is 10.7 Å². The molecule has 168 valence electrons. The molecule has 0 aliphatic carbocycles. The van der Waals surface area contributed by atoms with Crippen LogP contribution in [0.5, 0.6) is 0 Å². The Morgan fingerprint density at radius 2 is 1.61 bits per heavy atom. The molecule has 1 saturated heterocycles. The standard InChI is InChI=1S/C23H22N6O3S/c1-3-23(2)20(31)29(22(32)25-23)28-17(30)14-33-21-24-18(15-10-6-4-7-11-15)19(26-27-21)16-12-8-5-9-13-16/h4-13H,3,14H2,1-2H3,(H,25,32)(H,28,30)/t23-/m1/s1. The van der Waals surface area contributed by atoms with Crippen molar-refractivity contribution in [2.75, 3.05) is 5.75 Å². The number of hydrogen-bond donors (Lipinski definition) is 2. The number of amides is 4. The third-order valence-electron chi connectivity index (χ3n) is 5.30. The van der Waals surface area contributed by atoms with E-state index in [2.05, 4.69) is 25.9 Å². The highest BCUT2D eigenvalue weighted by Crippen LogP contribution is 2.29. The Kier molecular flexibility index (Phi) is 6.36. The second kappa shape index (κ2) is 9.37. The van der Waals surface area contributed by atoms with Crippen molar-refractivity contribution < 1.29 is 14.4 Å². The second-order valence-corrected chi connectivity index (χ2v) is 8.55. The molecule has 3 aromatic rings. The Hall–Kier alpha value is -3.79. The largest absolute Gasteiger partial charge is 0.344 e. The Morgan fingerprint density at radius 1 is 1.00 bits per heavy atom. The molecule has 1 fully saturated rings. The average Bonchev–Trinajstić information content (AvgIpc) is 3.07. The summed E-state index contributed by atoms with van der Waals surface area (Å²) in [5, 5.41) is 12.2. The quantitative estimate of drug-likeness (QED) is 0.409. The van der Waals surface area contributed by atoms with Crippen molar-refractivity contribution in [2.45, 2.75) is 31.0 Å². The van der Waals surface area contributed by atoms with Gasteiger partial charge in [-0.2, -0.15) is 5.01 Å². The van der Waals surface area contributed by atoms with Crippen LogP contribution in [-0.2, 0) is 9.59 Å². The minimum atomic E-state index is -1.03. The van der Waals surface area contributed by atoms with Crippen molar-refractivity contribution in [1.82, 2.24) is 30.9 Å². The summed E-state index contributed by atoms with van der Waals surface area (Å²) in [6, 6.07) is 18.6. The maximum absolute atomic E-state index is 12.4. The van der Waals surface area contributed by atoms with Crippen LogP contribution in [-0.4, -0.2) is 49.3 Å². The van der Waals surface area contributed by atoms with Gasteiger partial charge < -0.3 is 5.32 Å². The highest BCUT2D eigenvalue weighted by atomic mass is 32.2. The first-order valence-corrected chi connectivity index (χ1v) is 11.3. The number of nitrogens with one attached hydrogen (secondary N) is 2. The number of nitrogens with zero attached hydrogens (tertiary/aromatic N) is 4. The van der Waals surface area contributed by atoms with Gasteiger partial charge in [-0.25, -0.2) is 9.78 Å². The zero-order valence-corrected chi connectivity index (χ0v) is 18.9. The number of rotatable bonds is 7. The zero-order chi connectivity index (χ0) is 23.4. The highest BCUT2D eigenvalue weighted by Gasteiger charge is 2.47. The molecule has 0 unspecified atom stereocenters. The van der Waals surface area contributed by atoms with E-state index in [0.717, 1.165) is 27.9 Å². The Bertz CT molecular complexity index is 1190. The molecule has 2 heterocycles. The van der Waals surface area contributed by atoms with E-state index in [1.807, 2.05) is 60.7 Å². The third kappa shape index (κ3) is 4.70. The van der Waals surface area contributed by atoms with Crippen molar-refractivity contribution in [1.29, 1.82) is 0 Å². The molecule has 2 aromatic carbocycles. The van der Waals surface area contributed by atoms with Crippen molar-refractivity contribution >= 4 is 29.6 Å². The first-order chi connectivity index (χ1) is 15.9. The highest BCUT2D eigenvalue weighted by molar-refractivity contribution is 7.99. The molecule has 10 heteroatoms. The summed E-state index contributed by atoms with van der Waals surface area (Å²) in [7, 11) is 0. The smallest absolute Gasteiger partial charge is 0.322 e. The lowest BCUT2D eigenvalue weighted by Gasteiger charge is -2.19. The number of carbonyl (C=O) groups is 3. The molecule has 33 heavy (non-hydrogen) atoms. The number of hydrazine groups is 1. The van der Waals surface area contributed by atoms with Gasteiger partial charge >= 0.3 is 6.03 Å². The fraction of sp³-hybridized carbons (Fsp3) is 0.217. The summed E-state index contributed by atoms with van der Waals surface area (Å²) in [4.78, 5) is 41.6. The van der Waals surface area contributed by atoms with Crippen LogP contribution in [0.15, 0.2) is 65.8 Å². The van der Waals surface area contributed by atoms with E-state index in [1.54, 1.807) is 13.8 Å². The van der Waals surface area contributed by atoms with Crippen LogP contribution >= 0.6 is 11.8 Å². The third-order valence-corrected chi connectivity index (χ3v) is 6.14. The van der Waals surface area contributed by atoms with Gasteiger partial charge in [0.15, 0.2) is 0 Å². The molecule has 9 nitrogen and oxygen atoms in total. The first-order valence-electron chi connectivity index (χ1n) is 10.4. The van der Waals surface area contributed by atoms with Gasteiger partial charge in [0, 0.05) is 11.1 Å². The van der Waals surface area contributed by atoms with E-state index >= 15 is 0 Å². The summed E-state index contributed by atoms with van der Waals surface area (Å²) in [5.74, 6) is -1.12.